The van der Waals surface area contributed by atoms with Crippen molar-refractivity contribution >= 4 is 33.6 Å². The smallest absolute Gasteiger partial charge is 0.216 e. The average Bonchev–Trinajstić information content (AvgIpc) is 2.84. The second kappa shape index (κ2) is 5.32. The molecule has 0 amide bonds. The van der Waals surface area contributed by atoms with Crippen LogP contribution in [-0.2, 0) is 0 Å². The molecule has 1 aromatic carbocycles. The SMILES string of the molecule is COc1ccc(-c2oc3cc(OC)ncc3c2I)cc1. The van der Waals surface area contributed by atoms with Gasteiger partial charge >= 0.3 is 0 Å². The van der Waals surface area contributed by atoms with Gasteiger partial charge in [0, 0.05) is 17.8 Å². The lowest BCUT2D eigenvalue weighted by Crippen LogP contribution is -1.85. The maximum absolute atomic E-state index is 5.93. The number of rotatable bonds is 3. The number of pyridine rings is 1. The molecule has 2 heterocycles. The lowest BCUT2D eigenvalue weighted by atomic mass is 10.1. The molecule has 0 N–H and O–H groups in total. The Labute approximate surface area is 129 Å². The van der Waals surface area contributed by atoms with E-state index in [2.05, 4.69) is 27.6 Å². The number of ether oxygens (including phenoxy) is 2. The Kier molecular flexibility index (Phi) is 3.52. The number of halogens is 1. The molecule has 5 heteroatoms. The highest BCUT2D eigenvalue weighted by atomic mass is 127. The summed E-state index contributed by atoms with van der Waals surface area (Å²) in [5, 5.41) is 0.984. The van der Waals surface area contributed by atoms with E-state index in [-0.39, 0.29) is 0 Å². The Bertz CT molecular complexity index is 750. The standard InChI is InChI=1S/C15H12INO3/c1-18-10-5-3-9(4-6-10)15-14(16)11-8-17-13(19-2)7-12(11)20-15/h3-8H,1-2H3. The van der Waals surface area contributed by atoms with E-state index < -0.39 is 0 Å². The Morgan fingerprint density at radius 3 is 2.50 bits per heavy atom. The van der Waals surface area contributed by atoms with E-state index >= 15 is 0 Å². The molecule has 2 aromatic heterocycles. The van der Waals surface area contributed by atoms with Gasteiger partial charge < -0.3 is 13.9 Å². The number of benzene rings is 1. The molecular formula is C15H12INO3. The molecule has 4 nitrogen and oxygen atoms in total. The number of fused-ring (bicyclic) bond motifs is 1. The molecule has 0 aliphatic carbocycles. The van der Waals surface area contributed by atoms with Crippen molar-refractivity contribution < 1.29 is 13.9 Å². The second-order valence-electron chi connectivity index (χ2n) is 4.20. The first-order valence-electron chi connectivity index (χ1n) is 5.99. The van der Waals surface area contributed by atoms with Crippen LogP contribution in [0.5, 0.6) is 11.6 Å². The number of hydrogen-bond acceptors (Lipinski definition) is 4. The van der Waals surface area contributed by atoms with Gasteiger partial charge in [-0.1, -0.05) is 0 Å². The summed E-state index contributed by atoms with van der Waals surface area (Å²) >= 11 is 2.27. The van der Waals surface area contributed by atoms with Gasteiger partial charge in [-0.2, -0.15) is 0 Å². The number of furan rings is 1. The summed E-state index contributed by atoms with van der Waals surface area (Å²) in [4.78, 5) is 4.21. The number of hydrogen-bond donors (Lipinski definition) is 0. The molecular weight excluding hydrogens is 369 g/mol. The fourth-order valence-electron chi connectivity index (χ4n) is 1.98. The highest BCUT2D eigenvalue weighted by Gasteiger charge is 2.15. The lowest BCUT2D eigenvalue weighted by Gasteiger charge is -2.01. The van der Waals surface area contributed by atoms with Crippen LogP contribution in [0.15, 0.2) is 40.9 Å². The minimum atomic E-state index is 0.545. The summed E-state index contributed by atoms with van der Waals surface area (Å²) in [6.07, 6.45) is 1.77. The van der Waals surface area contributed by atoms with Crippen LogP contribution in [0.4, 0.5) is 0 Å². The van der Waals surface area contributed by atoms with Gasteiger partial charge in [-0.15, -0.1) is 0 Å². The topological polar surface area (TPSA) is 44.5 Å². The Balaban J connectivity index is 2.12. The van der Waals surface area contributed by atoms with Gasteiger partial charge in [-0.25, -0.2) is 4.98 Å². The van der Waals surface area contributed by atoms with Gasteiger partial charge in [0.2, 0.25) is 5.88 Å². The molecule has 0 aliphatic heterocycles. The monoisotopic (exact) mass is 381 g/mol. The molecule has 20 heavy (non-hydrogen) atoms. The quantitative estimate of drug-likeness (QED) is 0.641. The number of aromatic nitrogens is 1. The van der Waals surface area contributed by atoms with Crippen LogP contribution in [-0.4, -0.2) is 19.2 Å². The molecule has 0 atom stereocenters. The van der Waals surface area contributed by atoms with Crippen molar-refractivity contribution in [2.75, 3.05) is 14.2 Å². The van der Waals surface area contributed by atoms with E-state index in [4.69, 9.17) is 13.9 Å². The summed E-state index contributed by atoms with van der Waals surface area (Å²) in [5.41, 5.74) is 1.78. The van der Waals surface area contributed by atoms with Gasteiger partial charge in [-0.05, 0) is 46.9 Å². The van der Waals surface area contributed by atoms with Gasteiger partial charge in [0.1, 0.15) is 17.1 Å². The fraction of sp³-hybridized carbons (Fsp3) is 0.133. The van der Waals surface area contributed by atoms with E-state index in [0.29, 0.717) is 5.88 Å². The van der Waals surface area contributed by atoms with Crippen molar-refractivity contribution in [3.05, 3.63) is 40.1 Å². The van der Waals surface area contributed by atoms with Crippen molar-refractivity contribution in [3.8, 4) is 23.0 Å². The first-order valence-corrected chi connectivity index (χ1v) is 7.07. The summed E-state index contributed by atoms with van der Waals surface area (Å²) in [6, 6.07) is 9.58. The summed E-state index contributed by atoms with van der Waals surface area (Å²) in [5.74, 6) is 2.20. The molecule has 0 saturated heterocycles. The van der Waals surface area contributed by atoms with Crippen LogP contribution >= 0.6 is 22.6 Å². The van der Waals surface area contributed by atoms with Crippen molar-refractivity contribution in [1.82, 2.24) is 4.98 Å². The lowest BCUT2D eigenvalue weighted by molar-refractivity contribution is 0.398. The van der Waals surface area contributed by atoms with Gasteiger partial charge in [0.15, 0.2) is 0 Å². The zero-order chi connectivity index (χ0) is 14.1. The zero-order valence-corrected chi connectivity index (χ0v) is 13.2. The molecule has 0 radical (unpaired) electrons. The third kappa shape index (κ3) is 2.22. The first-order chi connectivity index (χ1) is 9.72. The third-order valence-electron chi connectivity index (χ3n) is 3.05. The first kappa shape index (κ1) is 13.2. The summed E-state index contributed by atoms with van der Waals surface area (Å²) in [7, 11) is 3.24. The Hall–Kier alpha value is -1.76. The van der Waals surface area contributed by atoms with Crippen LogP contribution in [0.25, 0.3) is 22.3 Å². The van der Waals surface area contributed by atoms with Crippen LogP contribution in [0, 0.1) is 3.57 Å². The van der Waals surface area contributed by atoms with Crippen LogP contribution in [0.3, 0.4) is 0 Å². The van der Waals surface area contributed by atoms with Crippen molar-refractivity contribution in [2.45, 2.75) is 0 Å². The van der Waals surface area contributed by atoms with E-state index in [9.17, 15) is 0 Å². The molecule has 3 aromatic rings. The van der Waals surface area contributed by atoms with Crippen molar-refractivity contribution in [1.29, 1.82) is 0 Å². The van der Waals surface area contributed by atoms with Gasteiger partial charge in [0.05, 0.1) is 23.2 Å². The highest BCUT2D eigenvalue weighted by molar-refractivity contribution is 14.1. The minimum absolute atomic E-state index is 0.545. The van der Waals surface area contributed by atoms with E-state index in [0.717, 1.165) is 31.6 Å². The maximum Gasteiger partial charge on any atom is 0.216 e. The van der Waals surface area contributed by atoms with Gasteiger partial charge in [0.25, 0.3) is 0 Å². The van der Waals surface area contributed by atoms with Crippen LogP contribution in [0.2, 0.25) is 0 Å². The largest absolute Gasteiger partial charge is 0.497 e. The predicted molar refractivity (Wildman–Crippen MR) is 85.3 cm³/mol. The predicted octanol–water partition coefficient (Wildman–Crippen LogP) is 4.12. The number of nitrogens with zero attached hydrogens (tertiary/aromatic N) is 1. The van der Waals surface area contributed by atoms with Gasteiger partial charge in [-0.3, -0.25) is 0 Å². The number of methoxy groups -OCH3 is 2. The normalized spacial score (nSPS) is 10.8. The summed E-state index contributed by atoms with van der Waals surface area (Å²) in [6.45, 7) is 0. The van der Waals surface area contributed by atoms with Crippen LogP contribution < -0.4 is 9.47 Å². The molecule has 0 saturated carbocycles. The molecule has 102 valence electrons. The molecule has 0 bridgehead atoms. The second-order valence-corrected chi connectivity index (χ2v) is 5.28. The third-order valence-corrected chi connectivity index (χ3v) is 4.12. The van der Waals surface area contributed by atoms with E-state index in [1.54, 1.807) is 26.5 Å². The molecule has 0 fully saturated rings. The average molecular weight is 381 g/mol. The molecule has 0 spiro atoms. The van der Waals surface area contributed by atoms with Crippen LogP contribution in [0.1, 0.15) is 0 Å². The van der Waals surface area contributed by atoms with E-state index in [1.165, 1.54) is 0 Å². The Morgan fingerprint density at radius 2 is 1.85 bits per heavy atom. The maximum atomic E-state index is 5.93. The zero-order valence-electron chi connectivity index (χ0n) is 11.0. The molecule has 0 unspecified atom stereocenters. The minimum Gasteiger partial charge on any atom is -0.497 e. The highest BCUT2D eigenvalue weighted by Crippen LogP contribution is 2.35. The fourth-order valence-corrected chi connectivity index (χ4v) is 2.81. The summed E-state index contributed by atoms with van der Waals surface area (Å²) < 4.78 is 17.3. The molecule has 0 aliphatic rings. The Morgan fingerprint density at radius 1 is 1.10 bits per heavy atom. The van der Waals surface area contributed by atoms with Crippen molar-refractivity contribution in [2.24, 2.45) is 0 Å². The van der Waals surface area contributed by atoms with Crippen molar-refractivity contribution in [3.63, 3.8) is 0 Å². The van der Waals surface area contributed by atoms with E-state index in [1.807, 2.05) is 24.3 Å². The molecule has 3 rings (SSSR count).